The number of benzene rings is 2. The fourth-order valence-electron chi connectivity index (χ4n) is 2.85. The number of nitrogens with one attached hydrogen (secondary N) is 1. The highest BCUT2D eigenvalue weighted by atomic mass is 19.1. The molecule has 0 spiro atoms. The van der Waals surface area contributed by atoms with Crippen LogP contribution in [-0.4, -0.2) is 18.4 Å². The molecule has 0 saturated heterocycles. The van der Waals surface area contributed by atoms with Crippen LogP contribution in [-0.2, 0) is 22.4 Å². The molecule has 3 rings (SSSR count). The van der Waals surface area contributed by atoms with Gasteiger partial charge >= 0.3 is 0 Å². The van der Waals surface area contributed by atoms with Crippen LogP contribution < -0.4 is 10.2 Å². The van der Waals surface area contributed by atoms with E-state index in [2.05, 4.69) is 5.32 Å². The molecule has 0 aliphatic carbocycles. The molecule has 23 heavy (non-hydrogen) atoms. The second kappa shape index (κ2) is 6.20. The zero-order chi connectivity index (χ0) is 16.4. The Morgan fingerprint density at radius 2 is 1.91 bits per heavy atom. The van der Waals surface area contributed by atoms with Gasteiger partial charge in [-0.25, -0.2) is 4.39 Å². The molecule has 1 N–H and O–H groups in total. The van der Waals surface area contributed by atoms with Gasteiger partial charge in [-0.2, -0.15) is 0 Å². The summed E-state index contributed by atoms with van der Waals surface area (Å²) in [6.45, 7) is 2.15. The summed E-state index contributed by atoms with van der Waals surface area (Å²) in [5.41, 5.74) is 3.22. The smallest absolute Gasteiger partial charge is 0.228 e. The normalized spacial score (nSPS) is 12.9. The van der Waals surface area contributed by atoms with Gasteiger partial charge in [-0.15, -0.1) is 0 Å². The summed E-state index contributed by atoms with van der Waals surface area (Å²) < 4.78 is 12.9. The molecule has 2 aromatic rings. The Morgan fingerprint density at radius 3 is 2.61 bits per heavy atom. The summed E-state index contributed by atoms with van der Waals surface area (Å²) >= 11 is 0. The molecule has 0 atom stereocenters. The highest BCUT2D eigenvalue weighted by Gasteiger charge is 2.25. The largest absolute Gasteiger partial charge is 0.324 e. The fraction of sp³-hybridized carbons (Fsp3) is 0.222. The minimum Gasteiger partial charge on any atom is -0.324 e. The van der Waals surface area contributed by atoms with Gasteiger partial charge in [0.2, 0.25) is 11.8 Å². The van der Waals surface area contributed by atoms with Gasteiger partial charge < -0.3 is 10.2 Å². The second-order valence-electron chi connectivity index (χ2n) is 5.59. The lowest BCUT2D eigenvalue weighted by molar-refractivity contribution is -0.117. The molecule has 0 aromatic heterocycles. The molecule has 0 fully saturated rings. The Hall–Kier alpha value is -2.69. The number of halogens is 1. The van der Waals surface area contributed by atoms with E-state index in [1.54, 1.807) is 23.1 Å². The van der Waals surface area contributed by atoms with Crippen LogP contribution in [0.1, 0.15) is 18.1 Å². The number of hydrogen-bond acceptors (Lipinski definition) is 2. The van der Waals surface area contributed by atoms with Crippen LogP contribution in [0.25, 0.3) is 0 Å². The lowest BCUT2D eigenvalue weighted by Crippen LogP contribution is -2.27. The summed E-state index contributed by atoms with van der Waals surface area (Å²) in [7, 11) is 0. The molecule has 0 unspecified atom stereocenters. The molecule has 4 nitrogen and oxygen atoms in total. The first-order valence-corrected chi connectivity index (χ1v) is 7.49. The molecule has 0 saturated carbocycles. The van der Waals surface area contributed by atoms with Gasteiger partial charge in [0.05, 0.1) is 17.8 Å². The van der Waals surface area contributed by atoms with Crippen molar-refractivity contribution >= 4 is 23.2 Å². The van der Waals surface area contributed by atoms with Gasteiger partial charge in [-0.05, 0) is 35.7 Å². The van der Waals surface area contributed by atoms with E-state index in [9.17, 15) is 14.0 Å². The van der Waals surface area contributed by atoms with Crippen molar-refractivity contribution in [2.75, 3.05) is 16.8 Å². The number of para-hydroxylation sites is 1. The van der Waals surface area contributed by atoms with Crippen LogP contribution in [0, 0.1) is 5.82 Å². The van der Waals surface area contributed by atoms with Crippen molar-refractivity contribution in [1.82, 2.24) is 0 Å². The van der Waals surface area contributed by atoms with E-state index < -0.39 is 0 Å². The molecule has 2 amide bonds. The summed E-state index contributed by atoms with van der Waals surface area (Å²) in [6, 6.07) is 11.5. The molecule has 0 bridgehead atoms. The van der Waals surface area contributed by atoms with E-state index in [4.69, 9.17) is 0 Å². The molecular formula is C18H17FN2O2. The number of anilines is 2. The first kappa shape index (κ1) is 15.2. The zero-order valence-electron chi connectivity index (χ0n) is 12.8. The monoisotopic (exact) mass is 312 g/mol. The highest BCUT2D eigenvalue weighted by molar-refractivity contribution is 6.02. The third kappa shape index (κ3) is 3.23. The van der Waals surface area contributed by atoms with Gasteiger partial charge in [0.1, 0.15) is 5.82 Å². The predicted molar refractivity (Wildman–Crippen MR) is 86.9 cm³/mol. The first-order valence-electron chi connectivity index (χ1n) is 7.49. The van der Waals surface area contributed by atoms with E-state index in [0.717, 1.165) is 23.2 Å². The SMILES string of the molecule is CC(=O)N1CCc2cccc(NC(=O)Cc3ccc(F)cc3)c21. The molecule has 1 heterocycles. The minimum atomic E-state index is -0.327. The van der Waals surface area contributed by atoms with Crippen LogP contribution >= 0.6 is 0 Å². The van der Waals surface area contributed by atoms with Crippen molar-refractivity contribution in [2.45, 2.75) is 19.8 Å². The van der Waals surface area contributed by atoms with E-state index >= 15 is 0 Å². The van der Waals surface area contributed by atoms with Crippen molar-refractivity contribution in [3.63, 3.8) is 0 Å². The van der Waals surface area contributed by atoms with Gasteiger partial charge in [-0.1, -0.05) is 24.3 Å². The standard InChI is InChI=1S/C18H17FN2O2/c1-12(22)21-10-9-14-3-2-4-16(18(14)21)20-17(23)11-13-5-7-15(19)8-6-13/h2-8H,9-11H2,1H3,(H,20,23). The third-order valence-corrected chi connectivity index (χ3v) is 3.93. The van der Waals surface area contributed by atoms with Crippen molar-refractivity contribution < 1.29 is 14.0 Å². The average Bonchev–Trinajstić information content (AvgIpc) is 2.95. The number of fused-ring (bicyclic) bond motifs is 1. The number of nitrogens with zero attached hydrogens (tertiary/aromatic N) is 1. The molecule has 118 valence electrons. The maximum absolute atomic E-state index is 12.9. The van der Waals surface area contributed by atoms with Crippen molar-refractivity contribution in [3.8, 4) is 0 Å². The third-order valence-electron chi connectivity index (χ3n) is 3.93. The summed E-state index contributed by atoms with van der Waals surface area (Å²) in [5, 5.41) is 2.86. The van der Waals surface area contributed by atoms with Crippen LogP contribution in [0.15, 0.2) is 42.5 Å². The van der Waals surface area contributed by atoms with Crippen molar-refractivity contribution in [1.29, 1.82) is 0 Å². The van der Waals surface area contributed by atoms with Gasteiger partial charge in [0.25, 0.3) is 0 Å². The van der Waals surface area contributed by atoms with E-state index in [1.165, 1.54) is 19.1 Å². The fourth-order valence-corrected chi connectivity index (χ4v) is 2.85. The Bertz CT molecular complexity index is 756. The number of amides is 2. The summed E-state index contributed by atoms with van der Waals surface area (Å²) in [5.74, 6) is -0.559. The highest BCUT2D eigenvalue weighted by Crippen LogP contribution is 2.35. The van der Waals surface area contributed by atoms with Crippen LogP contribution in [0.4, 0.5) is 15.8 Å². The van der Waals surface area contributed by atoms with E-state index in [0.29, 0.717) is 12.2 Å². The van der Waals surface area contributed by atoms with Gasteiger partial charge in [-0.3, -0.25) is 9.59 Å². The van der Waals surface area contributed by atoms with Crippen molar-refractivity contribution in [3.05, 3.63) is 59.4 Å². The Kier molecular flexibility index (Phi) is 4.10. The van der Waals surface area contributed by atoms with Gasteiger partial charge in [0.15, 0.2) is 0 Å². The number of rotatable bonds is 3. The Balaban J connectivity index is 1.78. The number of hydrogen-bond donors (Lipinski definition) is 1. The molecule has 1 aliphatic rings. The zero-order valence-corrected chi connectivity index (χ0v) is 12.8. The van der Waals surface area contributed by atoms with E-state index in [-0.39, 0.29) is 24.1 Å². The van der Waals surface area contributed by atoms with Crippen LogP contribution in [0.2, 0.25) is 0 Å². The van der Waals surface area contributed by atoms with Crippen LogP contribution in [0.3, 0.4) is 0 Å². The minimum absolute atomic E-state index is 0.0380. The number of carbonyl (C=O) groups is 2. The maximum atomic E-state index is 12.9. The Labute approximate surface area is 133 Å². The number of carbonyl (C=O) groups excluding carboxylic acids is 2. The topological polar surface area (TPSA) is 49.4 Å². The predicted octanol–water partition coefficient (Wildman–Crippen LogP) is 2.92. The van der Waals surface area contributed by atoms with E-state index in [1.807, 2.05) is 12.1 Å². The molecule has 5 heteroatoms. The molecule has 2 aromatic carbocycles. The van der Waals surface area contributed by atoms with Crippen molar-refractivity contribution in [2.24, 2.45) is 0 Å². The first-order chi connectivity index (χ1) is 11.0. The van der Waals surface area contributed by atoms with Gasteiger partial charge in [0, 0.05) is 13.5 Å². The summed E-state index contributed by atoms with van der Waals surface area (Å²) in [4.78, 5) is 25.7. The molecular weight excluding hydrogens is 295 g/mol. The lowest BCUT2D eigenvalue weighted by Gasteiger charge is -2.19. The lowest BCUT2D eigenvalue weighted by atomic mass is 10.1. The quantitative estimate of drug-likeness (QED) is 0.947. The summed E-state index contributed by atoms with van der Waals surface area (Å²) in [6.07, 6.45) is 0.945. The molecule has 0 radical (unpaired) electrons. The van der Waals surface area contributed by atoms with Crippen LogP contribution in [0.5, 0.6) is 0 Å². The second-order valence-corrected chi connectivity index (χ2v) is 5.59. The Morgan fingerprint density at radius 1 is 1.17 bits per heavy atom. The maximum Gasteiger partial charge on any atom is 0.228 e. The average molecular weight is 312 g/mol. The molecule has 1 aliphatic heterocycles.